The molecule has 1 aromatic heterocycles. The second kappa shape index (κ2) is 6.14. The predicted molar refractivity (Wildman–Crippen MR) is 61.0 cm³/mol. The molecule has 0 saturated carbocycles. The van der Waals surface area contributed by atoms with Gasteiger partial charge in [-0.3, -0.25) is 4.98 Å². The van der Waals surface area contributed by atoms with Crippen molar-refractivity contribution >= 4 is 15.9 Å². The van der Waals surface area contributed by atoms with Crippen molar-refractivity contribution in [3.8, 4) is 0 Å². The number of unbranched alkanes of at least 4 members (excludes halogenated alkanes) is 2. The van der Waals surface area contributed by atoms with E-state index in [1.807, 2.05) is 6.07 Å². The summed E-state index contributed by atoms with van der Waals surface area (Å²) in [6.45, 7) is 2.16. The van der Waals surface area contributed by atoms with Crippen LogP contribution in [0.2, 0.25) is 0 Å². The second-order valence-electron chi connectivity index (χ2n) is 3.45. The molecule has 1 unspecified atom stereocenters. The van der Waals surface area contributed by atoms with E-state index >= 15 is 0 Å². The van der Waals surface area contributed by atoms with E-state index in [9.17, 15) is 5.11 Å². The van der Waals surface area contributed by atoms with Crippen LogP contribution in [0.3, 0.4) is 0 Å². The van der Waals surface area contributed by atoms with Crippen molar-refractivity contribution in [2.45, 2.75) is 38.7 Å². The summed E-state index contributed by atoms with van der Waals surface area (Å²) in [5.41, 5.74) is 0.899. The van der Waals surface area contributed by atoms with Crippen LogP contribution in [0.25, 0.3) is 0 Å². The van der Waals surface area contributed by atoms with Crippen LogP contribution in [0.15, 0.2) is 22.9 Å². The molecule has 3 heteroatoms. The molecule has 14 heavy (non-hydrogen) atoms. The Labute approximate surface area is 93.5 Å². The fourth-order valence-corrected chi connectivity index (χ4v) is 1.75. The molecule has 1 atom stereocenters. The highest BCUT2D eigenvalue weighted by Crippen LogP contribution is 2.21. The van der Waals surface area contributed by atoms with Crippen LogP contribution in [0.5, 0.6) is 0 Å². The third-order valence-corrected chi connectivity index (χ3v) is 2.63. The molecule has 1 N–H and O–H groups in total. The maximum atomic E-state index is 9.81. The van der Waals surface area contributed by atoms with Gasteiger partial charge in [0.05, 0.1) is 6.10 Å². The van der Waals surface area contributed by atoms with E-state index in [4.69, 9.17) is 0 Å². The van der Waals surface area contributed by atoms with Crippen LogP contribution in [-0.4, -0.2) is 10.1 Å². The van der Waals surface area contributed by atoms with Gasteiger partial charge in [0.1, 0.15) is 0 Å². The molecule has 0 aliphatic heterocycles. The average molecular weight is 258 g/mol. The molecule has 0 aliphatic carbocycles. The summed E-state index contributed by atoms with van der Waals surface area (Å²) < 4.78 is 0.921. The smallest absolute Gasteiger partial charge is 0.0805 e. The third kappa shape index (κ3) is 3.76. The van der Waals surface area contributed by atoms with Gasteiger partial charge >= 0.3 is 0 Å². The van der Waals surface area contributed by atoms with Crippen molar-refractivity contribution in [1.82, 2.24) is 4.98 Å². The number of nitrogens with zero attached hydrogens (tertiary/aromatic N) is 1. The average Bonchev–Trinajstić information content (AvgIpc) is 2.18. The predicted octanol–water partition coefficient (Wildman–Crippen LogP) is 3.46. The monoisotopic (exact) mass is 257 g/mol. The summed E-state index contributed by atoms with van der Waals surface area (Å²) in [7, 11) is 0. The van der Waals surface area contributed by atoms with Gasteiger partial charge in [0.25, 0.3) is 0 Å². The van der Waals surface area contributed by atoms with Crippen LogP contribution >= 0.6 is 15.9 Å². The Kier molecular flexibility index (Phi) is 5.12. The summed E-state index contributed by atoms with van der Waals surface area (Å²) in [4.78, 5) is 4.03. The van der Waals surface area contributed by atoms with Crippen molar-refractivity contribution in [3.05, 3.63) is 28.5 Å². The number of hydrogen-bond donors (Lipinski definition) is 1. The Morgan fingerprint density at radius 1 is 1.43 bits per heavy atom. The van der Waals surface area contributed by atoms with Gasteiger partial charge in [-0.15, -0.1) is 0 Å². The lowest BCUT2D eigenvalue weighted by atomic mass is 10.1. The molecule has 0 aliphatic rings. The minimum Gasteiger partial charge on any atom is -0.388 e. The lowest BCUT2D eigenvalue weighted by Crippen LogP contribution is -1.97. The highest BCUT2D eigenvalue weighted by atomic mass is 79.9. The summed E-state index contributed by atoms with van der Waals surface area (Å²) in [5.74, 6) is 0. The Bertz CT molecular complexity index is 278. The van der Waals surface area contributed by atoms with Crippen molar-refractivity contribution in [1.29, 1.82) is 0 Å². The Hall–Kier alpha value is -0.410. The van der Waals surface area contributed by atoms with Gasteiger partial charge in [-0.05, 0) is 34.0 Å². The summed E-state index contributed by atoms with van der Waals surface area (Å²) >= 11 is 3.34. The van der Waals surface area contributed by atoms with Gasteiger partial charge in [0.15, 0.2) is 0 Å². The fourth-order valence-electron chi connectivity index (χ4n) is 1.36. The molecule has 1 rings (SSSR count). The first-order chi connectivity index (χ1) is 6.74. The van der Waals surface area contributed by atoms with E-state index in [1.54, 1.807) is 12.4 Å². The zero-order chi connectivity index (χ0) is 10.4. The Balaban J connectivity index is 2.47. The number of halogens is 1. The summed E-state index contributed by atoms with van der Waals surface area (Å²) in [6, 6.07) is 1.92. The number of hydrogen-bond acceptors (Lipinski definition) is 2. The van der Waals surface area contributed by atoms with Crippen molar-refractivity contribution < 1.29 is 5.11 Å². The maximum absolute atomic E-state index is 9.81. The number of aliphatic hydroxyl groups is 1. The van der Waals surface area contributed by atoms with Gasteiger partial charge < -0.3 is 5.11 Å². The molecule has 0 fully saturated rings. The maximum Gasteiger partial charge on any atom is 0.0805 e. The summed E-state index contributed by atoms with van der Waals surface area (Å²) in [6.07, 6.45) is 7.34. The number of rotatable bonds is 5. The van der Waals surface area contributed by atoms with E-state index in [0.29, 0.717) is 0 Å². The lowest BCUT2D eigenvalue weighted by molar-refractivity contribution is 0.163. The normalized spacial score (nSPS) is 12.8. The van der Waals surface area contributed by atoms with Gasteiger partial charge in [-0.1, -0.05) is 26.2 Å². The van der Waals surface area contributed by atoms with E-state index in [1.165, 1.54) is 12.8 Å². The topological polar surface area (TPSA) is 33.1 Å². The molecule has 0 bridgehead atoms. The standard InChI is InChI=1S/C11H16BrNO/c1-2-3-4-5-11(14)9-6-10(12)8-13-7-9/h6-8,11,14H,2-5H2,1H3. The molecule has 0 saturated heterocycles. The first-order valence-corrected chi connectivity index (χ1v) is 5.82. The SMILES string of the molecule is CCCCCC(O)c1cncc(Br)c1. The van der Waals surface area contributed by atoms with Gasteiger partial charge in [-0.25, -0.2) is 0 Å². The van der Waals surface area contributed by atoms with Gasteiger partial charge in [-0.2, -0.15) is 0 Å². The second-order valence-corrected chi connectivity index (χ2v) is 4.36. The Morgan fingerprint density at radius 2 is 2.21 bits per heavy atom. The first-order valence-electron chi connectivity index (χ1n) is 5.02. The fraction of sp³-hybridized carbons (Fsp3) is 0.545. The van der Waals surface area contributed by atoms with Crippen molar-refractivity contribution in [2.24, 2.45) is 0 Å². The minimum atomic E-state index is -0.369. The molecule has 0 aromatic carbocycles. The third-order valence-electron chi connectivity index (χ3n) is 2.19. The van der Waals surface area contributed by atoms with Crippen molar-refractivity contribution in [3.63, 3.8) is 0 Å². The summed E-state index contributed by atoms with van der Waals surface area (Å²) in [5, 5.41) is 9.81. The van der Waals surface area contributed by atoms with Crippen LogP contribution in [-0.2, 0) is 0 Å². The molecular formula is C11H16BrNO. The van der Waals surface area contributed by atoms with E-state index in [2.05, 4.69) is 27.8 Å². The highest BCUT2D eigenvalue weighted by Gasteiger charge is 2.07. The van der Waals surface area contributed by atoms with Gasteiger partial charge in [0, 0.05) is 16.9 Å². The van der Waals surface area contributed by atoms with E-state index in [-0.39, 0.29) is 6.10 Å². The zero-order valence-corrected chi connectivity index (χ0v) is 10.00. The quantitative estimate of drug-likeness (QED) is 0.820. The molecule has 1 aromatic rings. The van der Waals surface area contributed by atoms with Crippen LogP contribution in [0.1, 0.15) is 44.3 Å². The first kappa shape index (κ1) is 11.7. The van der Waals surface area contributed by atoms with Crippen LogP contribution < -0.4 is 0 Å². The number of aromatic nitrogens is 1. The highest BCUT2D eigenvalue weighted by molar-refractivity contribution is 9.10. The number of pyridine rings is 1. The van der Waals surface area contributed by atoms with E-state index < -0.39 is 0 Å². The molecule has 1 heterocycles. The van der Waals surface area contributed by atoms with Crippen LogP contribution in [0, 0.1) is 0 Å². The molecular weight excluding hydrogens is 242 g/mol. The minimum absolute atomic E-state index is 0.369. The largest absolute Gasteiger partial charge is 0.388 e. The Morgan fingerprint density at radius 3 is 2.86 bits per heavy atom. The molecule has 0 amide bonds. The van der Waals surface area contributed by atoms with Crippen molar-refractivity contribution in [2.75, 3.05) is 0 Å². The number of aliphatic hydroxyl groups excluding tert-OH is 1. The van der Waals surface area contributed by atoms with E-state index in [0.717, 1.165) is 22.9 Å². The molecule has 78 valence electrons. The molecule has 0 radical (unpaired) electrons. The molecule has 2 nitrogen and oxygen atoms in total. The zero-order valence-electron chi connectivity index (χ0n) is 8.41. The molecule has 0 spiro atoms. The van der Waals surface area contributed by atoms with Crippen LogP contribution in [0.4, 0.5) is 0 Å². The lowest BCUT2D eigenvalue weighted by Gasteiger charge is -2.09. The van der Waals surface area contributed by atoms with Gasteiger partial charge in [0.2, 0.25) is 0 Å².